The molecule has 1 amide bonds. The van der Waals surface area contributed by atoms with Crippen LogP contribution in [0.1, 0.15) is 16.8 Å². The smallest absolute Gasteiger partial charge is 0.311 e. The Kier molecular flexibility index (Phi) is 6.26. The molecule has 174 valence electrons. The molecular formula is C29H23NO5. The summed E-state index contributed by atoms with van der Waals surface area (Å²) in [6.07, 6.45) is 0.0482. The van der Waals surface area contributed by atoms with Gasteiger partial charge in [0.2, 0.25) is 5.91 Å². The van der Waals surface area contributed by atoms with Gasteiger partial charge in [-0.2, -0.15) is 0 Å². The summed E-state index contributed by atoms with van der Waals surface area (Å²) in [5.74, 6) is -0.196. The number of hydrogen-bond acceptors (Lipinski definition) is 5. The molecule has 1 aliphatic rings. The first-order valence-corrected chi connectivity index (χ1v) is 11.4. The average molecular weight is 466 g/mol. The molecule has 0 aromatic heterocycles. The van der Waals surface area contributed by atoms with E-state index >= 15 is 0 Å². The summed E-state index contributed by atoms with van der Waals surface area (Å²) in [5, 5.41) is 2.11. The van der Waals surface area contributed by atoms with E-state index in [1.807, 2.05) is 48.5 Å². The highest BCUT2D eigenvalue weighted by molar-refractivity contribution is 6.01. The summed E-state index contributed by atoms with van der Waals surface area (Å²) >= 11 is 0. The van der Waals surface area contributed by atoms with E-state index in [1.165, 1.54) is 0 Å². The Labute approximate surface area is 202 Å². The van der Waals surface area contributed by atoms with Crippen LogP contribution in [0.4, 0.5) is 5.69 Å². The van der Waals surface area contributed by atoms with Gasteiger partial charge in [-0.1, -0.05) is 66.7 Å². The van der Waals surface area contributed by atoms with Crippen molar-refractivity contribution >= 4 is 34.1 Å². The Bertz CT molecular complexity index is 1380. The van der Waals surface area contributed by atoms with Crippen molar-refractivity contribution in [1.82, 2.24) is 0 Å². The van der Waals surface area contributed by atoms with Gasteiger partial charge in [0.05, 0.1) is 5.92 Å². The monoisotopic (exact) mass is 465 g/mol. The van der Waals surface area contributed by atoms with E-state index in [2.05, 4.69) is 0 Å². The maximum atomic E-state index is 12.6. The maximum absolute atomic E-state index is 12.6. The van der Waals surface area contributed by atoms with Crippen LogP contribution < -0.4 is 9.64 Å². The number of nitrogens with zero attached hydrogens (tertiary/aromatic N) is 1. The highest BCUT2D eigenvalue weighted by atomic mass is 16.5. The number of esters is 1. The van der Waals surface area contributed by atoms with Gasteiger partial charge in [-0.3, -0.25) is 14.4 Å². The van der Waals surface area contributed by atoms with Crippen LogP contribution >= 0.6 is 0 Å². The number of hydrogen-bond donors (Lipinski definition) is 0. The molecule has 4 aromatic rings. The zero-order valence-corrected chi connectivity index (χ0v) is 18.9. The van der Waals surface area contributed by atoms with E-state index in [0.717, 1.165) is 16.5 Å². The molecule has 0 spiro atoms. The van der Waals surface area contributed by atoms with E-state index < -0.39 is 11.9 Å². The fourth-order valence-corrected chi connectivity index (χ4v) is 4.18. The van der Waals surface area contributed by atoms with Crippen LogP contribution in [0.15, 0.2) is 97.1 Å². The van der Waals surface area contributed by atoms with Gasteiger partial charge in [-0.15, -0.1) is 0 Å². The van der Waals surface area contributed by atoms with Crippen LogP contribution in [-0.2, 0) is 14.3 Å². The van der Waals surface area contributed by atoms with Crippen LogP contribution in [0.25, 0.3) is 10.8 Å². The summed E-state index contributed by atoms with van der Waals surface area (Å²) in [6.45, 7) is -0.130. The number of carbonyl (C=O) groups is 3. The minimum atomic E-state index is -0.613. The van der Waals surface area contributed by atoms with Gasteiger partial charge in [-0.05, 0) is 35.7 Å². The van der Waals surface area contributed by atoms with Crippen molar-refractivity contribution in [3.05, 3.63) is 103 Å². The van der Waals surface area contributed by atoms with Crippen molar-refractivity contribution in [2.45, 2.75) is 6.42 Å². The predicted octanol–water partition coefficient (Wildman–Crippen LogP) is 5.41. The molecule has 0 bridgehead atoms. The van der Waals surface area contributed by atoms with E-state index in [9.17, 15) is 14.4 Å². The number of Topliss-reactive ketones (excluding diaryl/α,β-unsaturated/α-hetero) is 1. The highest BCUT2D eigenvalue weighted by Gasteiger charge is 2.36. The van der Waals surface area contributed by atoms with Gasteiger partial charge in [-0.25, -0.2) is 0 Å². The van der Waals surface area contributed by atoms with Crippen LogP contribution in [0, 0.1) is 5.92 Å². The number of carbonyl (C=O) groups excluding carboxylic acids is 3. The predicted molar refractivity (Wildman–Crippen MR) is 133 cm³/mol. The Morgan fingerprint density at radius 1 is 0.829 bits per heavy atom. The van der Waals surface area contributed by atoms with E-state index in [1.54, 1.807) is 53.4 Å². The molecule has 1 fully saturated rings. The SMILES string of the molecule is O=C(COC(=O)[C@@H]1CC(=O)N(c2ccc(Oc3cccc4ccccc34)cc2)C1)c1ccccc1. The zero-order chi connectivity index (χ0) is 24.2. The molecule has 5 rings (SSSR count). The lowest BCUT2D eigenvalue weighted by atomic mass is 10.1. The van der Waals surface area contributed by atoms with Crippen LogP contribution in [-0.4, -0.2) is 30.8 Å². The summed E-state index contributed by atoms with van der Waals surface area (Å²) in [4.78, 5) is 38.8. The number of amides is 1. The lowest BCUT2D eigenvalue weighted by Crippen LogP contribution is -2.27. The molecule has 1 atom stereocenters. The Hall–Kier alpha value is -4.45. The quantitative estimate of drug-likeness (QED) is 0.270. The standard InChI is InChI=1S/C29H23NO5/c31-26(21-8-2-1-3-9-21)19-34-29(33)22-17-28(32)30(18-22)23-13-15-24(16-14-23)35-27-12-6-10-20-7-4-5-11-25(20)27/h1-16,22H,17-19H2/t22-/m1/s1. The topological polar surface area (TPSA) is 72.9 Å². The summed E-state index contributed by atoms with van der Waals surface area (Å²) in [5.41, 5.74) is 1.16. The fraction of sp³-hybridized carbons (Fsp3) is 0.138. The van der Waals surface area contributed by atoms with Crippen LogP contribution in [0.2, 0.25) is 0 Å². The molecule has 1 saturated heterocycles. The third-order valence-corrected chi connectivity index (χ3v) is 6.03. The van der Waals surface area contributed by atoms with E-state index in [-0.39, 0.29) is 31.3 Å². The number of ether oxygens (including phenoxy) is 2. The number of ketones is 1. The molecular weight excluding hydrogens is 442 g/mol. The van der Waals surface area contributed by atoms with Crippen molar-refractivity contribution in [3.63, 3.8) is 0 Å². The van der Waals surface area contributed by atoms with Gasteiger partial charge in [0.15, 0.2) is 12.4 Å². The number of anilines is 1. The molecule has 0 radical (unpaired) electrons. The molecule has 6 nitrogen and oxygen atoms in total. The first kappa shape index (κ1) is 22.3. The Balaban J connectivity index is 1.21. The lowest BCUT2D eigenvalue weighted by Gasteiger charge is -2.17. The minimum Gasteiger partial charge on any atom is -0.457 e. The number of fused-ring (bicyclic) bond motifs is 1. The summed E-state index contributed by atoms with van der Waals surface area (Å²) in [6, 6.07) is 29.7. The Morgan fingerprint density at radius 3 is 2.34 bits per heavy atom. The second-order valence-electron chi connectivity index (χ2n) is 8.38. The summed E-state index contributed by atoms with van der Waals surface area (Å²) in [7, 11) is 0. The van der Waals surface area contributed by atoms with E-state index in [0.29, 0.717) is 17.0 Å². The van der Waals surface area contributed by atoms with Crippen molar-refractivity contribution in [1.29, 1.82) is 0 Å². The van der Waals surface area contributed by atoms with Gasteiger partial charge >= 0.3 is 5.97 Å². The zero-order valence-electron chi connectivity index (χ0n) is 18.9. The highest BCUT2D eigenvalue weighted by Crippen LogP contribution is 2.32. The lowest BCUT2D eigenvalue weighted by molar-refractivity contribution is -0.147. The first-order chi connectivity index (χ1) is 17.1. The molecule has 4 aromatic carbocycles. The molecule has 0 N–H and O–H groups in total. The maximum Gasteiger partial charge on any atom is 0.311 e. The van der Waals surface area contributed by atoms with Crippen LogP contribution in [0.5, 0.6) is 11.5 Å². The van der Waals surface area contributed by atoms with Gasteiger partial charge < -0.3 is 14.4 Å². The third-order valence-electron chi connectivity index (χ3n) is 6.03. The second kappa shape index (κ2) is 9.81. The third kappa shape index (κ3) is 4.92. The van der Waals surface area contributed by atoms with Gasteiger partial charge in [0.25, 0.3) is 0 Å². The average Bonchev–Trinajstić information content (AvgIpc) is 3.30. The number of rotatable bonds is 7. The molecule has 0 aliphatic carbocycles. The number of benzene rings is 4. The normalized spacial score (nSPS) is 15.3. The van der Waals surface area contributed by atoms with Crippen molar-refractivity contribution in [2.24, 2.45) is 5.92 Å². The molecule has 0 unspecified atom stereocenters. The van der Waals surface area contributed by atoms with Crippen molar-refractivity contribution < 1.29 is 23.9 Å². The molecule has 35 heavy (non-hydrogen) atoms. The van der Waals surface area contributed by atoms with Gasteiger partial charge in [0.1, 0.15) is 11.5 Å². The van der Waals surface area contributed by atoms with Crippen molar-refractivity contribution in [2.75, 3.05) is 18.1 Å². The van der Waals surface area contributed by atoms with Crippen LogP contribution in [0.3, 0.4) is 0 Å². The fourth-order valence-electron chi connectivity index (χ4n) is 4.18. The molecule has 1 aliphatic heterocycles. The Morgan fingerprint density at radius 2 is 1.54 bits per heavy atom. The molecule has 6 heteroatoms. The van der Waals surface area contributed by atoms with Crippen molar-refractivity contribution in [3.8, 4) is 11.5 Å². The van der Waals surface area contributed by atoms with Gasteiger partial charge in [0, 0.05) is 29.6 Å². The minimum absolute atomic E-state index is 0.0482. The second-order valence-corrected chi connectivity index (χ2v) is 8.38. The largest absolute Gasteiger partial charge is 0.457 e. The van der Waals surface area contributed by atoms with E-state index in [4.69, 9.17) is 9.47 Å². The first-order valence-electron chi connectivity index (χ1n) is 11.4. The molecule has 1 heterocycles. The molecule has 0 saturated carbocycles. The summed E-state index contributed by atoms with van der Waals surface area (Å²) < 4.78 is 11.3.